The lowest BCUT2D eigenvalue weighted by Gasteiger charge is -2.46. The molecule has 6 radical (unpaired) electrons. The van der Waals surface area contributed by atoms with Crippen LogP contribution in [0.25, 0.3) is 0 Å². The first kappa shape index (κ1) is 14.9. The summed E-state index contributed by atoms with van der Waals surface area (Å²) in [4.78, 5) is 2.05. The molecule has 2 aliphatic heterocycles. The van der Waals surface area contributed by atoms with E-state index in [2.05, 4.69) is 10.9 Å². The fourth-order valence-electron chi connectivity index (χ4n) is 5.15. The maximum Gasteiger partial charge on any atom is 0.0698 e. The van der Waals surface area contributed by atoms with E-state index in [1.54, 1.807) is 0 Å². The first-order chi connectivity index (χ1) is 9.92. The second-order valence-electron chi connectivity index (χ2n) is 7.63. The van der Waals surface area contributed by atoms with Crippen LogP contribution >= 0.6 is 11.6 Å². The second-order valence-corrected chi connectivity index (χ2v) is 8.20. The minimum absolute atomic E-state index is 0.243. The number of halogens is 1. The van der Waals surface area contributed by atoms with Gasteiger partial charge in [0, 0.05) is 24.0 Å². The highest BCUT2D eigenvalue weighted by Gasteiger charge is 2.65. The summed E-state index contributed by atoms with van der Waals surface area (Å²) in [5.74, 6) is 1.40. The third-order valence-corrected chi connectivity index (χ3v) is 6.87. The van der Waals surface area contributed by atoms with Gasteiger partial charge in [0.1, 0.15) is 0 Å². The number of nitrogens with zero attached hydrogens (tertiary/aromatic N) is 1. The van der Waals surface area contributed by atoms with Gasteiger partial charge in [-0.3, -0.25) is 10.9 Å². The van der Waals surface area contributed by atoms with E-state index < -0.39 is 5.24 Å². The fourth-order valence-corrected chi connectivity index (χ4v) is 5.55. The Labute approximate surface area is 136 Å². The van der Waals surface area contributed by atoms with Crippen LogP contribution in [-0.4, -0.2) is 64.2 Å². The summed E-state index contributed by atoms with van der Waals surface area (Å²) in [6.07, 6.45) is 6.01. The molecule has 2 N–H and O–H groups in total. The molecule has 0 aromatic rings. The minimum atomic E-state index is -1.20. The van der Waals surface area contributed by atoms with Gasteiger partial charge in [0.15, 0.2) is 0 Å². The smallest absolute Gasteiger partial charge is 0.0698 e. The van der Waals surface area contributed by atoms with Gasteiger partial charge in [-0.25, -0.2) is 0 Å². The van der Waals surface area contributed by atoms with Gasteiger partial charge in [0.05, 0.1) is 28.9 Å². The highest BCUT2D eigenvalue weighted by Crippen LogP contribution is 2.62. The summed E-state index contributed by atoms with van der Waals surface area (Å²) in [7, 11) is 17.8. The van der Waals surface area contributed by atoms with E-state index in [1.165, 1.54) is 19.3 Å². The summed E-state index contributed by atoms with van der Waals surface area (Å²) >= 11 is 6.51. The molecule has 2 saturated carbocycles. The molecule has 3 nitrogen and oxygen atoms in total. The second kappa shape index (κ2) is 4.93. The Bertz CT molecular complexity index is 432. The topological polar surface area (TPSA) is 27.3 Å². The summed E-state index contributed by atoms with van der Waals surface area (Å²) in [5.41, 5.74) is 7.32. The number of alkyl halides is 1. The molecule has 4 aliphatic rings. The van der Waals surface area contributed by atoms with Crippen molar-refractivity contribution in [2.75, 3.05) is 13.1 Å². The fraction of sp³-hybridized carbons (Fsp3) is 1.00. The maximum absolute atomic E-state index is 6.51. The van der Waals surface area contributed by atoms with Crippen LogP contribution in [0.3, 0.4) is 0 Å². The molecule has 0 aromatic carbocycles. The average molecular weight is 299 g/mol. The standard InChI is InChI=1S/C14H21B3ClN3/c15-14(16,17)21-5-4-8-6-13(8,7-21)12-9-2-1-3-10(18)11(9)19-20-12/h8-12,19-20H,1-7H2/t8-,9?,10?,11?,12-,13?/m0/s1. The maximum atomic E-state index is 6.51. The molecule has 6 atom stereocenters. The van der Waals surface area contributed by atoms with Crippen molar-refractivity contribution in [1.82, 2.24) is 15.8 Å². The number of nitrogens with one attached hydrogen (secondary N) is 2. The monoisotopic (exact) mass is 299 g/mol. The van der Waals surface area contributed by atoms with Crippen LogP contribution in [0.1, 0.15) is 32.1 Å². The van der Waals surface area contributed by atoms with Gasteiger partial charge < -0.3 is 4.90 Å². The van der Waals surface area contributed by atoms with E-state index in [0.29, 0.717) is 18.0 Å². The number of hydrogen-bond acceptors (Lipinski definition) is 3. The highest BCUT2D eigenvalue weighted by molar-refractivity contribution is 6.59. The Morgan fingerprint density at radius 3 is 2.71 bits per heavy atom. The lowest BCUT2D eigenvalue weighted by atomic mass is 9.48. The SMILES string of the molecule is [B]C([B])([B])N1CC[C@H]2CC2([C@H]2NNC3C(Cl)CCCC32)C1. The number of hydrogen-bond donors (Lipinski definition) is 2. The Morgan fingerprint density at radius 1 is 1.14 bits per heavy atom. The first-order valence-electron chi connectivity index (χ1n) is 8.19. The van der Waals surface area contributed by atoms with Gasteiger partial charge in [-0.1, -0.05) is 11.7 Å². The predicted octanol–water partition coefficient (Wildman–Crippen LogP) is 0.0677. The van der Waals surface area contributed by atoms with E-state index in [1.807, 2.05) is 4.90 Å². The Morgan fingerprint density at radius 2 is 1.95 bits per heavy atom. The summed E-state index contributed by atoms with van der Waals surface area (Å²) in [6, 6.07) is 0.869. The lowest BCUT2D eigenvalue weighted by Crippen LogP contribution is -2.58. The van der Waals surface area contributed by atoms with Crippen molar-refractivity contribution in [3.8, 4) is 0 Å². The molecule has 0 spiro atoms. The van der Waals surface area contributed by atoms with Crippen molar-refractivity contribution in [2.24, 2.45) is 17.3 Å². The van der Waals surface area contributed by atoms with Gasteiger partial charge in [-0.05, 0) is 44.1 Å². The zero-order valence-corrected chi connectivity index (χ0v) is 13.1. The number of likely N-dealkylation sites (tertiary alicyclic amines) is 1. The molecule has 4 unspecified atom stereocenters. The molecule has 4 fully saturated rings. The third kappa shape index (κ3) is 2.32. The molecule has 2 saturated heterocycles. The zero-order valence-electron chi connectivity index (χ0n) is 12.4. The summed E-state index contributed by atoms with van der Waals surface area (Å²) in [5, 5.41) is -0.958. The number of rotatable bonds is 2. The predicted molar refractivity (Wildman–Crippen MR) is 87.6 cm³/mol. The van der Waals surface area contributed by atoms with Gasteiger partial charge in [-0.2, -0.15) is 0 Å². The van der Waals surface area contributed by atoms with E-state index in [0.717, 1.165) is 31.8 Å². The lowest BCUT2D eigenvalue weighted by molar-refractivity contribution is 0.113. The molecule has 2 heterocycles. The van der Waals surface area contributed by atoms with E-state index in [-0.39, 0.29) is 10.8 Å². The number of fused-ring (bicyclic) bond motifs is 2. The molecule has 0 amide bonds. The van der Waals surface area contributed by atoms with Crippen molar-refractivity contribution in [2.45, 2.75) is 54.8 Å². The number of piperidine rings is 1. The Hall–Kier alpha value is 0.365. The van der Waals surface area contributed by atoms with Gasteiger partial charge in [0.2, 0.25) is 0 Å². The summed E-state index contributed by atoms with van der Waals surface area (Å²) in [6.45, 7) is 1.80. The van der Waals surface area contributed by atoms with E-state index in [4.69, 9.17) is 35.1 Å². The highest BCUT2D eigenvalue weighted by atomic mass is 35.5. The minimum Gasteiger partial charge on any atom is -0.322 e. The van der Waals surface area contributed by atoms with Gasteiger partial charge in [-0.15, -0.1) is 11.6 Å². The molecular weight excluding hydrogens is 278 g/mol. The van der Waals surface area contributed by atoms with Crippen LogP contribution in [0.4, 0.5) is 0 Å². The van der Waals surface area contributed by atoms with Crippen LogP contribution in [0.5, 0.6) is 0 Å². The molecule has 108 valence electrons. The third-order valence-electron chi connectivity index (χ3n) is 6.38. The quantitative estimate of drug-likeness (QED) is 0.558. The van der Waals surface area contributed by atoms with Crippen LogP contribution in [0, 0.1) is 17.3 Å². The molecule has 2 aliphatic carbocycles. The molecule has 4 rings (SSSR count). The normalized spacial score (nSPS) is 50.4. The average Bonchev–Trinajstić information content (AvgIpc) is 2.99. The van der Waals surface area contributed by atoms with E-state index in [9.17, 15) is 0 Å². The van der Waals surface area contributed by atoms with Crippen LogP contribution in [0.2, 0.25) is 0 Å². The first-order valence-corrected chi connectivity index (χ1v) is 8.62. The van der Waals surface area contributed by atoms with Crippen molar-refractivity contribution in [3.63, 3.8) is 0 Å². The van der Waals surface area contributed by atoms with Crippen molar-refractivity contribution < 1.29 is 0 Å². The van der Waals surface area contributed by atoms with Crippen molar-refractivity contribution >= 4 is 35.1 Å². The van der Waals surface area contributed by atoms with Crippen LogP contribution < -0.4 is 10.9 Å². The van der Waals surface area contributed by atoms with Gasteiger partial charge in [0.25, 0.3) is 0 Å². The molecular formula is C14H21B3ClN3. The van der Waals surface area contributed by atoms with Crippen LogP contribution in [-0.2, 0) is 0 Å². The summed E-state index contributed by atoms with van der Waals surface area (Å²) < 4.78 is 0. The molecule has 21 heavy (non-hydrogen) atoms. The molecule has 0 aromatic heterocycles. The van der Waals surface area contributed by atoms with Crippen molar-refractivity contribution in [1.29, 1.82) is 0 Å². The molecule has 7 heteroatoms. The Kier molecular flexibility index (Phi) is 3.50. The van der Waals surface area contributed by atoms with Crippen LogP contribution in [0.15, 0.2) is 0 Å². The zero-order chi connectivity index (χ0) is 14.8. The van der Waals surface area contributed by atoms with E-state index >= 15 is 0 Å². The van der Waals surface area contributed by atoms with Gasteiger partial charge >= 0.3 is 0 Å². The largest absolute Gasteiger partial charge is 0.322 e. The Balaban J connectivity index is 1.54. The molecule has 0 bridgehead atoms. The number of hydrazine groups is 1. The van der Waals surface area contributed by atoms with Crippen molar-refractivity contribution in [3.05, 3.63) is 0 Å².